The van der Waals surface area contributed by atoms with Crippen LogP contribution in [0.3, 0.4) is 0 Å². The van der Waals surface area contributed by atoms with Gasteiger partial charge in [-0.1, -0.05) is 41.9 Å². The first-order valence-corrected chi connectivity index (χ1v) is 9.91. The molecule has 0 aliphatic heterocycles. The third-order valence-electron chi connectivity index (χ3n) is 4.06. The lowest BCUT2D eigenvalue weighted by Crippen LogP contribution is -2.25. The summed E-state index contributed by atoms with van der Waals surface area (Å²) in [6.07, 6.45) is 0. The average molecular weight is 400 g/mol. The Labute approximate surface area is 160 Å². The highest BCUT2D eigenvalue weighted by molar-refractivity contribution is 7.89. The Morgan fingerprint density at radius 2 is 1.70 bits per heavy atom. The van der Waals surface area contributed by atoms with Gasteiger partial charge in [0.05, 0.1) is 17.1 Å². The molecule has 1 heterocycles. The van der Waals surface area contributed by atoms with Gasteiger partial charge in [0.15, 0.2) is 5.82 Å². The fourth-order valence-electron chi connectivity index (χ4n) is 2.68. The molecule has 0 saturated carbocycles. The van der Waals surface area contributed by atoms with Gasteiger partial charge in [-0.25, -0.2) is 13.1 Å². The Balaban J connectivity index is 1.57. The number of hydrogen-bond acceptors (Lipinski definition) is 5. The Morgan fingerprint density at radius 1 is 0.963 bits per heavy atom. The quantitative estimate of drug-likeness (QED) is 0.557. The van der Waals surface area contributed by atoms with Gasteiger partial charge in [0.25, 0.3) is 0 Å². The molecular formula is C18H14ClN5O2S. The van der Waals surface area contributed by atoms with Crippen LogP contribution in [0, 0.1) is 0 Å². The maximum atomic E-state index is 12.7. The van der Waals surface area contributed by atoms with Crippen LogP contribution in [-0.2, 0) is 16.6 Å². The summed E-state index contributed by atoms with van der Waals surface area (Å²) in [5.74, 6) is 0.363. The molecule has 0 aliphatic carbocycles. The predicted octanol–water partition coefficient (Wildman–Crippen LogP) is 2.95. The molecule has 9 heteroatoms. The second-order valence-electron chi connectivity index (χ2n) is 5.82. The summed E-state index contributed by atoms with van der Waals surface area (Å²) in [5.41, 5.74) is 0.685. The van der Waals surface area contributed by atoms with Crippen LogP contribution in [-0.4, -0.2) is 28.6 Å². The molecule has 0 saturated heterocycles. The van der Waals surface area contributed by atoms with E-state index in [-0.39, 0.29) is 11.4 Å². The van der Waals surface area contributed by atoms with Crippen molar-refractivity contribution in [3.05, 3.63) is 77.6 Å². The zero-order chi connectivity index (χ0) is 18.9. The van der Waals surface area contributed by atoms with E-state index in [0.717, 1.165) is 10.8 Å². The van der Waals surface area contributed by atoms with Gasteiger partial charge in [0, 0.05) is 5.02 Å². The minimum absolute atomic E-state index is 0.0508. The Kier molecular flexibility index (Phi) is 4.61. The molecule has 0 radical (unpaired) electrons. The molecule has 0 spiro atoms. The lowest BCUT2D eigenvalue weighted by molar-refractivity contribution is 0.578. The second kappa shape index (κ2) is 7.07. The van der Waals surface area contributed by atoms with Crippen molar-refractivity contribution in [2.45, 2.75) is 11.4 Å². The molecule has 1 N–H and O–H groups in total. The number of nitrogens with zero attached hydrogens (tertiary/aromatic N) is 4. The van der Waals surface area contributed by atoms with E-state index in [1.807, 2.05) is 24.3 Å². The van der Waals surface area contributed by atoms with E-state index in [4.69, 9.17) is 11.6 Å². The van der Waals surface area contributed by atoms with E-state index < -0.39 is 10.0 Å². The molecule has 27 heavy (non-hydrogen) atoms. The van der Waals surface area contributed by atoms with Crippen LogP contribution in [0.2, 0.25) is 5.02 Å². The topological polar surface area (TPSA) is 89.8 Å². The largest absolute Gasteiger partial charge is 0.240 e. The van der Waals surface area contributed by atoms with Crippen LogP contribution >= 0.6 is 11.6 Å². The number of sulfonamides is 1. The highest BCUT2D eigenvalue weighted by Crippen LogP contribution is 2.19. The molecule has 1 aromatic heterocycles. The molecule has 0 fully saturated rings. The van der Waals surface area contributed by atoms with Gasteiger partial charge < -0.3 is 0 Å². The minimum atomic E-state index is -3.71. The normalized spacial score (nSPS) is 11.7. The average Bonchev–Trinajstić information content (AvgIpc) is 3.15. The molecule has 0 unspecified atom stereocenters. The molecule has 136 valence electrons. The van der Waals surface area contributed by atoms with E-state index in [1.54, 1.807) is 42.5 Å². The van der Waals surface area contributed by atoms with Gasteiger partial charge in [-0.15, -0.1) is 5.10 Å². The number of hydrogen-bond donors (Lipinski definition) is 1. The van der Waals surface area contributed by atoms with Gasteiger partial charge in [-0.3, -0.25) is 0 Å². The van der Waals surface area contributed by atoms with E-state index in [1.165, 1.54) is 4.68 Å². The molecule has 3 aromatic carbocycles. The van der Waals surface area contributed by atoms with Crippen molar-refractivity contribution in [1.29, 1.82) is 0 Å². The zero-order valence-electron chi connectivity index (χ0n) is 13.9. The first-order valence-electron chi connectivity index (χ1n) is 8.05. The first-order chi connectivity index (χ1) is 13.0. The summed E-state index contributed by atoms with van der Waals surface area (Å²) < 4.78 is 29.3. The third-order valence-corrected chi connectivity index (χ3v) is 5.71. The van der Waals surface area contributed by atoms with Crippen molar-refractivity contribution >= 4 is 32.4 Å². The number of aromatic nitrogens is 4. The Bertz CT molecular complexity index is 1210. The van der Waals surface area contributed by atoms with Crippen molar-refractivity contribution in [1.82, 2.24) is 24.9 Å². The number of fused-ring (bicyclic) bond motifs is 1. The Hall–Kier alpha value is -2.81. The Morgan fingerprint density at radius 3 is 2.48 bits per heavy atom. The van der Waals surface area contributed by atoms with Crippen molar-refractivity contribution < 1.29 is 8.42 Å². The summed E-state index contributed by atoms with van der Waals surface area (Å²) in [6.45, 7) is -0.0508. The number of benzene rings is 3. The summed E-state index contributed by atoms with van der Waals surface area (Å²) in [7, 11) is -3.71. The fraction of sp³-hybridized carbons (Fsp3) is 0.0556. The van der Waals surface area contributed by atoms with Crippen LogP contribution in [0.5, 0.6) is 0 Å². The molecule has 0 aliphatic rings. The summed E-state index contributed by atoms with van der Waals surface area (Å²) in [5, 5.41) is 13.9. The molecule has 4 rings (SSSR count). The highest BCUT2D eigenvalue weighted by atomic mass is 35.5. The van der Waals surface area contributed by atoms with Gasteiger partial charge in [0.2, 0.25) is 10.0 Å². The van der Waals surface area contributed by atoms with E-state index in [0.29, 0.717) is 16.5 Å². The SMILES string of the molecule is O=S(=O)(NCc1nnnn1-c1ccc(Cl)cc1)c1ccc2ccccc2c1. The van der Waals surface area contributed by atoms with Crippen molar-refractivity contribution in [3.8, 4) is 5.69 Å². The summed E-state index contributed by atoms with van der Waals surface area (Å²) >= 11 is 5.89. The van der Waals surface area contributed by atoms with Crippen molar-refractivity contribution in [2.75, 3.05) is 0 Å². The lowest BCUT2D eigenvalue weighted by atomic mass is 10.1. The van der Waals surface area contributed by atoms with Crippen LogP contribution in [0.15, 0.2) is 71.6 Å². The lowest BCUT2D eigenvalue weighted by Gasteiger charge is -2.08. The monoisotopic (exact) mass is 399 g/mol. The molecule has 0 bridgehead atoms. The molecule has 0 atom stereocenters. The van der Waals surface area contributed by atoms with E-state index in [9.17, 15) is 8.42 Å². The number of rotatable bonds is 5. The number of nitrogens with one attached hydrogen (secondary N) is 1. The summed E-state index contributed by atoms with van der Waals surface area (Å²) in [4.78, 5) is 0.187. The molecule has 4 aromatic rings. The predicted molar refractivity (Wildman–Crippen MR) is 102 cm³/mol. The number of halogens is 1. The van der Waals surface area contributed by atoms with Gasteiger partial charge >= 0.3 is 0 Å². The molecular weight excluding hydrogens is 386 g/mol. The van der Waals surface area contributed by atoms with E-state index >= 15 is 0 Å². The second-order valence-corrected chi connectivity index (χ2v) is 8.02. The van der Waals surface area contributed by atoms with Crippen LogP contribution in [0.4, 0.5) is 0 Å². The van der Waals surface area contributed by atoms with Crippen LogP contribution in [0.1, 0.15) is 5.82 Å². The van der Waals surface area contributed by atoms with Gasteiger partial charge in [-0.05, 0) is 57.6 Å². The zero-order valence-corrected chi connectivity index (χ0v) is 15.5. The van der Waals surface area contributed by atoms with Gasteiger partial charge in [0.1, 0.15) is 0 Å². The minimum Gasteiger partial charge on any atom is -0.207 e. The van der Waals surface area contributed by atoms with Crippen LogP contribution in [0.25, 0.3) is 16.5 Å². The molecule has 0 amide bonds. The standard InChI is InChI=1S/C18H14ClN5O2S/c19-15-6-8-16(9-7-15)24-18(21-22-23-24)12-20-27(25,26)17-10-5-13-3-1-2-4-14(13)11-17/h1-11,20H,12H2. The maximum Gasteiger partial charge on any atom is 0.240 e. The molecule has 7 nitrogen and oxygen atoms in total. The van der Waals surface area contributed by atoms with Crippen molar-refractivity contribution in [2.24, 2.45) is 0 Å². The van der Waals surface area contributed by atoms with Crippen molar-refractivity contribution in [3.63, 3.8) is 0 Å². The third kappa shape index (κ3) is 3.68. The summed E-state index contributed by atoms with van der Waals surface area (Å²) in [6, 6.07) is 19.5. The maximum absolute atomic E-state index is 12.7. The highest BCUT2D eigenvalue weighted by Gasteiger charge is 2.17. The van der Waals surface area contributed by atoms with Gasteiger partial charge in [-0.2, -0.15) is 4.68 Å². The first kappa shape index (κ1) is 17.6. The smallest absolute Gasteiger partial charge is 0.207 e. The van der Waals surface area contributed by atoms with E-state index in [2.05, 4.69) is 20.2 Å². The van der Waals surface area contributed by atoms with Crippen LogP contribution < -0.4 is 4.72 Å². The fourth-order valence-corrected chi connectivity index (χ4v) is 3.82. The number of tetrazole rings is 1.